The average Bonchev–Trinajstić information content (AvgIpc) is 2.36. The van der Waals surface area contributed by atoms with Gasteiger partial charge in [0.25, 0.3) is 0 Å². The lowest BCUT2D eigenvalue weighted by molar-refractivity contribution is 1.22. The monoisotopic (exact) mass is 132 g/mol. The molecule has 1 aromatic heterocycles. The second-order valence-corrected chi connectivity index (χ2v) is 2.37. The maximum Gasteiger partial charge on any atom is 0.127 e. The van der Waals surface area contributed by atoms with E-state index in [2.05, 4.69) is 17.1 Å². The summed E-state index contributed by atoms with van der Waals surface area (Å²) in [5.74, 6) is 0.669. The van der Waals surface area contributed by atoms with Crippen molar-refractivity contribution < 1.29 is 0 Å². The molecule has 0 aliphatic heterocycles. The summed E-state index contributed by atoms with van der Waals surface area (Å²) < 4.78 is 0. The van der Waals surface area contributed by atoms with Crippen LogP contribution < -0.4 is 5.73 Å². The summed E-state index contributed by atoms with van der Waals surface area (Å²) in [6.45, 7) is 0. The van der Waals surface area contributed by atoms with Gasteiger partial charge in [0.05, 0.1) is 0 Å². The summed E-state index contributed by atoms with van der Waals surface area (Å²) >= 11 is 0. The highest BCUT2D eigenvalue weighted by Gasteiger charge is 2.07. The summed E-state index contributed by atoms with van der Waals surface area (Å²) in [4.78, 5) is 3.99. The maximum absolute atomic E-state index is 5.62. The number of fused-ring (bicyclic) bond motifs is 1. The molecule has 2 heteroatoms. The number of nitrogen functional groups attached to an aromatic ring is 1. The Morgan fingerprint density at radius 2 is 2.40 bits per heavy atom. The van der Waals surface area contributed by atoms with Crippen molar-refractivity contribution in [2.75, 3.05) is 5.73 Å². The molecule has 1 aliphatic rings. The predicted molar refractivity (Wildman–Crippen MR) is 41.4 cm³/mol. The van der Waals surface area contributed by atoms with Crippen LogP contribution >= 0.6 is 0 Å². The van der Waals surface area contributed by atoms with E-state index in [9.17, 15) is 0 Å². The largest absolute Gasteiger partial charge is 0.383 e. The lowest BCUT2D eigenvalue weighted by Crippen LogP contribution is -1.95. The third-order valence-electron chi connectivity index (χ3n) is 1.74. The number of rotatable bonds is 0. The SMILES string of the molecule is Nc1nccc2c1CC=C2. The van der Waals surface area contributed by atoms with Gasteiger partial charge in [0.15, 0.2) is 0 Å². The van der Waals surface area contributed by atoms with Gasteiger partial charge < -0.3 is 5.73 Å². The highest BCUT2D eigenvalue weighted by Crippen LogP contribution is 2.22. The van der Waals surface area contributed by atoms with Crippen LogP contribution in [0.4, 0.5) is 5.82 Å². The first kappa shape index (κ1) is 5.47. The lowest BCUT2D eigenvalue weighted by Gasteiger charge is -1.99. The van der Waals surface area contributed by atoms with Gasteiger partial charge in [-0.15, -0.1) is 0 Å². The fourth-order valence-corrected chi connectivity index (χ4v) is 1.21. The molecule has 0 aromatic carbocycles. The van der Waals surface area contributed by atoms with Crippen LogP contribution in [-0.4, -0.2) is 4.98 Å². The Balaban J connectivity index is 2.66. The fourth-order valence-electron chi connectivity index (χ4n) is 1.21. The van der Waals surface area contributed by atoms with E-state index in [1.165, 1.54) is 11.1 Å². The van der Waals surface area contributed by atoms with Gasteiger partial charge in [-0.3, -0.25) is 0 Å². The Bertz CT molecular complexity index is 289. The van der Waals surface area contributed by atoms with Crippen LogP contribution in [0.3, 0.4) is 0 Å². The van der Waals surface area contributed by atoms with Crippen LogP contribution in [0.1, 0.15) is 11.1 Å². The number of nitrogens with two attached hydrogens (primary N) is 1. The van der Waals surface area contributed by atoms with Gasteiger partial charge in [0, 0.05) is 11.8 Å². The quantitative estimate of drug-likeness (QED) is 0.576. The van der Waals surface area contributed by atoms with Crippen LogP contribution in [0.15, 0.2) is 18.3 Å². The molecule has 50 valence electrons. The highest BCUT2D eigenvalue weighted by atomic mass is 14.8. The highest BCUT2D eigenvalue weighted by molar-refractivity contribution is 5.65. The van der Waals surface area contributed by atoms with Crippen molar-refractivity contribution in [3.05, 3.63) is 29.5 Å². The van der Waals surface area contributed by atoms with E-state index in [0.29, 0.717) is 5.82 Å². The minimum absolute atomic E-state index is 0.669. The van der Waals surface area contributed by atoms with Crippen LogP contribution in [0.5, 0.6) is 0 Å². The van der Waals surface area contributed by atoms with Crippen molar-refractivity contribution in [1.82, 2.24) is 4.98 Å². The minimum atomic E-state index is 0.669. The third kappa shape index (κ3) is 0.620. The van der Waals surface area contributed by atoms with Crippen molar-refractivity contribution in [3.63, 3.8) is 0 Å². The van der Waals surface area contributed by atoms with Crippen molar-refractivity contribution in [2.45, 2.75) is 6.42 Å². The maximum atomic E-state index is 5.62. The normalized spacial score (nSPS) is 13.6. The molecular weight excluding hydrogens is 124 g/mol. The number of aromatic nitrogens is 1. The van der Waals surface area contributed by atoms with Gasteiger partial charge in [-0.1, -0.05) is 12.2 Å². The van der Waals surface area contributed by atoms with Gasteiger partial charge >= 0.3 is 0 Å². The molecule has 0 saturated heterocycles. The molecule has 2 nitrogen and oxygen atoms in total. The Labute approximate surface area is 59.4 Å². The zero-order chi connectivity index (χ0) is 6.97. The predicted octanol–water partition coefficient (Wildman–Crippen LogP) is 1.23. The van der Waals surface area contributed by atoms with Crippen LogP contribution in [0.2, 0.25) is 0 Å². The molecule has 0 fully saturated rings. The van der Waals surface area contributed by atoms with Crippen molar-refractivity contribution >= 4 is 11.9 Å². The first-order chi connectivity index (χ1) is 4.88. The molecular formula is C8H8N2. The molecule has 2 rings (SSSR count). The van der Waals surface area contributed by atoms with E-state index < -0.39 is 0 Å². The van der Waals surface area contributed by atoms with E-state index in [0.717, 1.165) is 6.42 Å². The van der Waals surface area contributed by atoms with Gasteiger partial charge in [-0.2, -0.15) is 0 Å². The first-order valence-electron chi connectivity index (χ1n) is 3.28. The molecule has 0 spiro atoms. The molecule has 1 aliphatic carbocycles. The summed E-state index contributed by atoms with van der Waals surface area (Å²) in [6, 6.07) is 1.98. The van der Waals surface area contributed by atoms with Crippen molar-refractivity contribution in [2.24, 2.45) is 0 Å². The zero-order valence-electron chi connectivity index (χ0n) is 5.54. The van der Waals surface area contributed by atoms with E-state index >= 15 is 0 Å². The number of anilines is 1. The summed E-state index contributed by atoms with van der Waals surface area (Å²) in [6.07, 6.45) is 6.86. The number of pyridine rings is 1. The average molecular weight is 132 g/mol. The van der Waals surface area contributed by atoms with E-state index in [1.54, 1.807) is 6.20 Å². The van der Waals surface area contributed by atoms with E-state index in [4.69, 9.17) is 5.73 Å². The number of hydrogen-bond donors (Lipinski definition) is 1. The number of allylic oxidation sites excluding steroid dienone is 1. The van der Waals surface area contributed by atoms with Crippen LogP contribution in [-0.2, 0) is 6.42 Å². The van der Waals surface area contributed by atoms with E-state index in [-0.39, 0.29) is 0 Å². The number of hydrogen-bond acceptors (Lipinski definition) is 2. The first-order valence-corrected chi connectivity index (χ1v) is 3.28. The molecule has 0 amide bonds. The smallest absolute Gasteiger partial charge is 0.127 e. The molecule has 0 radical (unpaired) electrons. The van der Waals surface area contributed by atoms with E-state index in [1.807, 2.05) is 6.07 Å². The molecule has 2 N–H and O–H groups in total. The third-order valence-corrected chi connectivity index (χ3v) is 1.74. The van der Waals surface area contributed by atoms with Crippen LogP contribution in [0, 0.1) is 0 Å². The van der Waals surface area contributed by atoms with Gasteiger partial charge in [-0.25, -0.2) is 4.98 Å². The van der Waals surface area contributed by atoms with Crippen molar-refractivity contribution in [3.8, 4) is 0 Å². The Morgan fingerprint density at radius 1 is 1.50 bits per heavy atom. The minimum Gasteiger partial charge on any atom is -0.383 e. The molecule has 0 atom stereocenters. The van der Waals surface area contributed by atoms with Gasteiger partial charge in [0.1, 0.15) is 5.82 Å². The second-order valence-electron chi connectivity index (χ2n) is 2.37. The van der Waals surface area contributed by atoms with Gasteiger partial charge in [0.2, 0.25) is 0 Å². The van der Waals surface area contributed by atoms with Crippen molar-refractivity contribution in [1.29, 1.82) is 0 Å². The molecule has 0 bridgehead atoms. The second kappa shape index (κ2) is 1.84. The molecule has 10 heavy (non-hydrogen) atoms. The lowest BCUT2D eigenvalue weighted by atomic mass is 10.2. The molecule has 0 saturated carbocycles. The Morgan fingerprint density at radius 3 is 3.20 bits per heavy atom. The summed E-state index contributed by atoms with van der Waals surface area (Å²) in [5, 5.41) is 0. The summed E-state index contributed by atoms with van der Waals surface area (Å²) in [5.41, 5.74) is 8.01. The molecule has 1 heterocycles. The topological polar surface area (TPSA) is 38.9 Å². The summed E-state index contributed by atoms with van der Waals surface area (Å²) in [7, 11) is 0. The molecule has 1 aromatic rings. The standard InChI is InChI=1S/C8H8N2/c9-8-7-3-1-2-6(7)4-5-10-8/h1-2,4-5H,3H2,(H2,9,10). The molecule has 0 unspecified atom stereocenters. The van der Waals surface area contributed by atoms with Gasteiger partial charge in [-0.05, 0) is 18.1 Å². The fraction of sp³-hybridized carbons (Fsp3) is 0.125. The zero-order valence-corrected chi connectivity index (χ0v) is 5.54. The Kier molecular flexibility index (Phi) is 1.01. The number of nitrogens with zero attached hydrogens (tertiary/aromatic N) is 1. The Hall–Kier alpha value is -1.31. The van der Waals surface area contributed by atoms with Crippen LogP contribution in [0.25, 0.3) is 6.08 Å².